The number of aromatic hydroxyl groups is 3. The number of cyclic esters (lactones) is 4. The molecule has 3 aliphatic heterocycles. The highest BCUT2D eigenvalue weighted by Gasteiger charge is 2.48. The Morgan fingerprint density at radius 2 is 0.723 bits per heavy atom. The maximum Gasteiger partial charge on any atom is 0.348 e. The number of carbonyl (C=O) groups excluding carboxylic acids is 12. The van der Waals surface area contributed by atoms with Crippen molar-refractivity contribution in [3.8, 4) is 17.2 Å². The Balaban J connectivity index is 0.000000267. The number of aliphatic hydroxyl groups is 3. The summed E-state index contributed by atoms with van der Waals surface area (Å²) in [5.74, 6) is -43.9. The fourth-order valence-corrected chi connectivity index (χ4v) is 13.6. The van der Waals surface area contributed by atoms with E-state index in [4.69, 9.17) is 18.9 Å². The molecule has 8 amide bonds. The van der Waals surface area contributed by atoms with Gasteiger partial charge in [0, 0.05) is 67.5 Å². The van der Waals surface area contributed by atoms with Crippen LogP contribution in [0.25, 0.3) is 0 Å². The van der Waals surface area contributed by atoms with E-state index in [0.29, 0.717) is 19.3 Å². The summed E-state index contributed by atoms with van der Waals surface area (Å²) < 4.78 is 191. The summed E-state index contributed by atoms with van der Waals surface area (Å²) in [6.45, 7) is 17.3. The summed E-state index contributed by atoms with van der Waals surface area (Å²) in [6.07, 6.45) is -10.2. The van der Waals surface area contributed by atoms with Crippen molar-refractivity contribution in [1.82, 2.24) is 72.0 Å². The first kappa shape index (κ1) is 104. The summed E-state index contributed by atoms with van der Waals surface area (Å²) in [7, 11) is 1.29. The lowest BCUT2D eigenvalue weighted by atomic mass is 9.90. The Morgan fingerprint density at radius 1 is 0.408 bits per heavy atom. The zero-order chi connectivity index (χ0) is 97.4. The third-order valence-corrected chi connectivity index (χ3v) is 22.1. The first-order valence-electron chi connectivity index (χ1n) is 40.2. The summed E-state index contributed by atoms with van der Waals surface area (Å²) in [4.78, 5) is 179. The second-order valence-corrected chi connectivity index (χ2v) is 31.0. The fraction of sp³-hybridized carbons (Fsp3) is 0.488. The van der Waals surface area contributed by atoms with Gasteiger partial charge in [-0.05, 0) is 82.3 Å². The third-order valence-electron chi connectivity index (χ3n) is 22.1. The molecule has 3 aliphatic rings. The van der Waals surface area contributed by atoms with Gasteiger partial charge in [-0.3, -0.25) is 43.2 Å². The van der Waals surface area contributed by atoms with Crippen molar-refractivity contribution in [2.75, 3.05) is 7.05 Å². The topological polar surface area (TPSA) is 528 Å². The molecule has 6 aromatic heterocycles. The summed E-state index contributed by atoms with van der Waals surface area (Å²) in [5, 5.41) is 79.6. The van der Waals surface area contributed by atoms with Crippen molar-refractivity contribution < 1.29 is 160 Å². The van der Waals surface area contributed by atoms with Crippen molar-refractivity contribution >= 4 is 71.1 Å². The molecule has 13 N–H and O–H groups in total. The van der Waals surface area contributed by atoms with Gasteiger partial charge >= 0.3 is 23.9 Å². The number of pyridine rings is 6. The molecule has 9 heterocycles. The smallest absolute Gasteiger partial charge is 0.348 e. The predicted molar refractivity (Wildman–Crippen MR) is 419 cm³/mol. The zero-order valence-electron chi connectivity index (χ0n) is 71.4. The molecule has 9 rings (SSSR count). The van der Waals surface area contributed by atoms with Crippen LogP contribution in [0.15, 0.2) is 55.0 Å². The average Bonchev–Trinajstić information content (AvgIpc) is 0.800. The number of esters is 4. The van der Waals surface area contributed by atoms with Crippen LogP contribution in [0.3, 0.4) is 0 Å². The number of ether oxygens (including phenoxy) is 4. The van der Waals surface area contributed by atoms with Crippen LogP contribution >= 0.6 is 0 Å². The van der Waals surface area contributed by atoms with Gasteiger partial charge in [0.15, 0.2) is 34.5 Å². The van der Waals surface area contributed by atoms with Gasteiger partial charge in [0.05, 0.1) is 54.2 Å². The number of carbonyl (C=O) groups is 12. The minimum absolute atomic E-state index is 0.322. The average molecular weight is 1860 g/mol. The highest BCUT2D eigenvalue weighted by molar-refractivity contribution is 6.01. The monoisotopic (exact) mass is 1850 g/mol. The van der Waals surface area contributed by atoms with Gasteiger partial charge in [-0.25, -0.2) is 42.5 Å². The Labute approximate surface area is 732 Å². The molecule has 708 valence electrons. The van der Waals surface area contributed by atoms with Crippen LogP contribution in [0, 0.1) is 106 Å². The van der Waals surface area contributed by atoms with Crippen LogP contribution in [0.2, 0.25) is 0 Å². The number of likely N-dealkylation sites (N-methyl/N-ethyl adjacent to an activating group) is 1. The van der Waals surface area contributed by atoms with E-state index in [0.717, 1.165) is 30.0 Å². The third kappa shape index (κ3) is 24.7. The molecule has 6 unspecified atom stereocenters. The first-order valence-corrected chi connectivity index (χ1v) is 40.2. The molecule has 0 bridgehead atoms. The number of halogens is 12. The summed E-state index contributed by atoms with van der Waals surface area (Å²) >= 11 is 0. The van der Waals surface area contributed by atoms with E-state index in [2.05, 4.69) is 67.1 Å². The van der Waals surface area contributed by atoms with Gasteiger partial charge in [0.25, 0.3) is 35.6 Å². The number of hydrogen-bond donors (Lipinski definition) is 13. The largest absolute Gasteiger partial charge is 0.505 e. The molecule has 0 aliphatic carbocycles. The van der Waals surface area contributed by atoms with Crippen LogP contribution in [0.5, 0.6) is 17.2 Å². The summed E-state index contributed by atoms with van der Waals surface area (Å²) in [5.41, 5.74) is -4.93. The second kappa shape index (κ2) is 45.3. The Hall–Kier alpha value is -13.0. The molecule has 3 fully saturated rings. The maximum absolute atomic E-state index is 14.6. The number of rotatable bonds is 18. The van der Waals surface area contributed by atoms with E-state index in [1.807, 2.05) is 0 Å². The van der Waals surface area contributed by atoms with E-state index in [-0.39, 0.29) is 0 Å². The molecule has 3 saturated heterocycles. The lowest BCUT2D eigenvalue weighted by molar-refractivity contribution is -0.180. The number of amides is 8. The van der Waals surface area contributed by atoms with Gasteiger partial charge in [-0.2, -0.15) is 54.5 Å². The van der Waals surface area contributed by atoms with E-state index in [1.165, 1.54) is 78.5 Å². The molecule has 0 saturated carbocycles. The molecular formula is C82H94F12N14O22. The van der Waals surface area contributed by atoms with E-state index >= 15 is 0 Å². The predicted octanol–water partition coefficient (Wildman–Crippen LogP) is 3.88. The van der Waals surface area contributed by atoms with Crippen molar-refractivity contribution in [3.63, 3.8) is 0 Å². The normalized spacial score (nSPS) is 25.8. The number of aliphatic hydroxyl groups excluding tert-OH is 3. The van der Waals surface area contributed by atoms with Crippen molar-refractivity contribution in [2.45, 2.75) is 213 Å². The van der Waals surface area contributed by atoms with Crippen LogP contribution in [0.1, 0.15) is 151 Å². The van der Waals surface area contributed by atoms with Crippen LogP contribution in [0.4, 0.5) is 52.7 Å². The Kier molecular flexibility index (Phi) is 36.3. The molecule has 21 atom stereocenters. The number of aromatic nitrogens is 6. The number of nitrogens with one attached hydrogen (secondary N) is 7. The van der Waals surface area contributed by atoms with Crippen LogP contribution in [-0.2, 0) is 81.4 Å². The second-order valence-electron chi connectivity index (χ2n) is 31.0. The van der Waals surface area contributed by atoms with Gasteiger partial charge in [-0.1, -0.05) is 68.2 Å². The summed E-state index contributed by atoms with van der Waals surface area (Å²) in [6, 6.07) is -5.63. The van der Waals surface area contributed by atoms with E-state index in [1.54, 1.807) is 41.5 Å². The minimum Gasteiger partial charge on any atom is -0.505 e. The lowest BCUT2D eigenvalue weighted by Gasteiger charge is -2.38. The molecule has 48 heteroatoms. The Morgan fingerprint density at radius 3 is 1.05 bits per heavy atom. The molecular weight excluding hydrogens is 1760 g/mol. The van der Waals surface area contributed by atoms with Crippen molar-refractivity contribution in [3.05, 3.63) is 159 Å². The molecule has 0 aromatic carbocycles. The quantitative estimate of drug-likeness (QED) is 0.0251. The highest BCUT2D eigenvalue weighted by Crippen LogP contribution is 2.31. The van der Waals surface area contributed by atoms with E-state index in [9.17, 15) is 141 Å². The minimum atomic E-state index is -2.12. The molecule has 0 radical (unpaired) electrons. The van der Waals surface area contributed by atoms with Gasteiger partial charge in [-0.15, -0.1) is 0 Å². The standard InChI is InChI=1S/C28H33F4N5O7.C27H31F4N5O7.C27H30F4N4O8/c1-6-11(2)21-28(43)44-13(4)19(35-26(41)20-16(38)8-7-9-33-20)25(40)34-15(22(39)12(3)27(42)37(21)5)10-14-17(29)18(30)24(32)36-23(14)31;1-5-10(2)18-27(42)43-12(4)19(35-26(41)20-15(37)7-6-8-32-20)25(40)33-14(21(38)11(3)24(39)34-18)9-13-16(28)17(29)23(31)36-22(13)30;1-5-10(2)21-27(41)42-12(4)18(34-25(39)19-15(36)7-6-8-32-19)24(38)33-14(20(37)11(3)26(40)43-21)9-13-16(28)17(29)23(31)35-22(13)30/h7-9,11-13,15,19,21-22,38-39H,6,10H2,1-5H3,(H,34,40)(H,35,41);6-8,10-12,14,18-19,21,37-38H,5,9H2,1-4H3,(H,33,40)(H,34,39)(H,35,41);6-8,10-12,14,18,20-21,36-37H,5,9H2,1-4H3,(H,33,38)(H,34,39)/t11?,12-,13-,15+,19+,21?,22+;10?,11-,12-,14+,18?,19+,21+;10?,11-,12-,14+,18+,20+,21?/m111/s1. The highest BCUT2D eigenvalue weighted by atomic mass is 19.2. The van der Waals surface area contributed by atoms with Crippen molar-refractivity contribution in [2.24, 2.45) is 35.5 Å². The first-order chi connectivity index (χ1) is 60.9. The molecule has 130 heavy (non-hydrogen) atoms. The number of nitrogens with zero attached hydrogens (tertiary/aromatic N) is 7. The van der Waals surface area contributed by atoms with Crippen molar-refractivity contribution in [1.29, 1.82) is 0 Å². The fourth-order valence-electron chi connectivity index (χ4n) is 13.6. The van der Waals surface area contributed by atoms with E-state index < -0.39 is 339 Å². The SMILES string of the molecule is CCC(C)C1C(=O)O[C@H](C)[C@H](NC(=O)c2ncccc2O)C(=O)N[C@@H](Cc2c(F)nc(F)c(F)c2F)[C@@H](O)[C@@H](C)C(=O)N1C.CCC(C)C1NC(=O)[C@H](C)[C@H](O)[C@H](Cc2c(F)nc(F)c(F)c2F)NC(=O)[C@@H](NC(=O)c2ncccc2O)[C@@H](C)OC1=O.CCC(C)C1OC(=O)[C@H](C)[C@H](O)[C@H](Cc2c(F)nc(F)c(F)c2F)NC(=O)[C@@H](NC(=O)c2ncccc2O)[C@@H](C)OC1=O. The molecule has 36 nitrogen and oxygen atoms in total. The maximum atomic E-state index is 14.6. The zero-order valence-corrected chi connectivity index (χ0v) is 71.4. The molecule has 0 spiro atoms. The lowest BCUT2D eigenvalue weighted by Crippen LogP contribution is -2.61. The van der Waals surface area contributed by atoms with Gasteiger partial charge in [0.1, 0.15) is 65.8 Å². The van der Waals surface area contributed by atoms with Gasteiger partial charge in [0.2, 0.25) is 70.9 Å². The van der Waals surface area contributed by atoms with Crippen LogP contribution < -0.4 is 37.2 Å². The van der Waals surface area contributed by atoms with Gasteiger partial charge < -0.3 is 91.7 Å². The van der Waals surface area contributed by atoms with Crippen LogP contribution in [-0.4, -0.2) is 235 Å². The molecule has 6 aromatic rings. The number of hydrogen-bond acceptors (Lipinski definition) is 28. The Bertz CT molecular complexity index is 5010.